The minimum atomic E-state index is -1.58. The van der Waals surface area contributed by atoms with Crippen molar-refractivity contribution in [3.63, 3.8) is 0 Å². The number of aromatic hydroxyl groups is 3. The van der Waals surface area contributed by atoms with Crippen LogP contribution < -0.4 is 21.9 Å². The Kier molecular flexibility index (Phi) is 5.42. The average Bonchev–Trinajstić information content (AvgIpc) is 2.73. The van der Waals surface area contributed by atoms with Gasteiger partial charge in [-0.05, 0) is 35.9 Å². The number of nitrogens with zero attached hydrogens (tertiary/aromatic N) is 3. The molecule has 0 aliphatic heterocycles. The van der Waals surface area contributed by atoms with E-state index < -0.39 is 46.1 Å². The second-order valence-corrected chi connectivity index (χ2v) is 6.43. The van der Waals surface area contributed by atoms with Crippen molar-refractivity contribution in [3.05, 3.63) is 75.1 Å². The van der Waals surface area contributed by atoms with Gasteiger partial charge in [0.2, 0.25) is 0 Å². The number of nitrogen functional groups attached to an aromatic ring is 1. The first-order valence-corrected chi connectivity index (χ1v) is 8.75. The van der Waals surface area contributed by atoms with Gasteiger partial charge in [0, 0.05) is 13.2 Å². The van der Waals surface area contributed by atoms with E-state index >= 15 is 0 Å². The molecule has 160 valence electrons. The predicted molar refractivity (Wildman–Crippen MR) is 113 cm³/mol. The third-order valence-corrected chi connectivity index (χ3v) is 4.44. The first kappa shape index (κ1) is 21.0. The summed E-state index contributed by atoms with van der Waals surface area (Å²) in [5.41, 5.74) is 4.29. The molecule has 3 aromatic rings. The highest BCUT2D eigenvalue weighted by atomic mass is 16.4. The van der Waals surface area contributed by atoms with Gasteiger partial charge in [-0.15, -0.1) is 0 Å². The van der Waals surface area contributed by atoms with Crippen LogP contribution in [-0.2, 0) is 7.05 Å². The molecule has 0 spiro atoms. The number of carboxylic acid groups (broad SMARTS) is 1. The number of aromatic nitrogens is 2. The molecule has 2 aromatic carbocycles. The Morgan fingerprint density at radius 3 is 2.19 bits per heavy atom. The van der Waals surface area contributed by atoms with E-state index in [0.717, 1.165) is 33.5 Å². The number of phenols is 3. The highest BCUT2D eigenvalue weighted by Gasteiger charge is 2.24. The number of nitrogens with two attached hydrogens (primary N) is 1. The topological polar surface area (TPSA) is 171 Å². The standard InChI is InChI=1S/C20H18N4O7/c1-22-18(28)15(17(21)24(19(22)29)12-5-3-2-4-6-12)23(20(30)31)8-7-11-9-13(25)16(27)14(26)10-11/h2-10,25-27H,21H2,1H3,(H,30,31). The van der Waals surface area contributed by atoms with E-state index in [1.165, 1.54) is 7.05 Å². The van der Waals surface area contributed by atoms with Crippen molar-refractivity contribution < 1.29 is 25.2 Å². The van der Waals surface area contributed by atoms with Gasteiger partial charge in [0.1, 0.15) is 5.82 Å². The maximum Gasteiger partial charge on any atom is 0.416 e. The number of hydrogen-bond donors (Lipinski definition) is 5. The lowest BCUT2D eigenvalue weighted by atomic mass is 10.2. The van der Waals surface area contributed by atoms with Gasteiger partial charge >= 0.3 is 11.8 Å². The molecule has 11 nitrogen and oxygen atoms in total. The van der Waals surface area contributed by atoms with Crippen LogP contribution in [0.25, 0.3) is 11.8 Å². The fourth-order valence-corrected chi connectivity index (χ4v) is 2.88. The number of anilines is 2. The van der Waals surface area contributed by atoms with Crippen LogP contribution in [-0.4, -0.2) is 35.7 Å². The minimum Gasteiger partial charge on any atom is -0.504 e. The lowest BCUT2D eigenvalue weighted by Crippen LogP contribution is -2.43. The SMILES string of the molecule is Cn1c(=O)c(N(C=Cc2cc(O)c(O)c(O)c2)C(=O)O)c(N)n(-c2ccccc2)c1=O. The van der Waals surface area contributed by atoms with Gasteiger partial charge in [-0.25, -0.2) is 19.1 Å². The lowest BCUT2D eigenvalue weighted by molar-refractivity contribution is 0.204. The van der Waals surface area contributed by atoms with Gasteiger partial charge in [-0.2, -0.15) is 0 Å². The molecule has 1 amide bonds. The molecule has 0 fully saturated rings. The second-order valence-electron chi connectivity index (χ2n) is 6.43. The Bertz CT molecular complexity index is 1290. The molecule has 0 unspecified atom stereocenters. The minimum absolute atomic E-state index is 0.117. The van der Waals surface area contributed by atoms with Gasteiger partial charge in [0.25, 0.3) is 5.56 Å². The molecule has 0 bridgehead atoms. The van der Waals surface area contributed by atoms with Gasteiger partial charge in [0.05, 0.1) is 5.69 Å². The largest absolute Gasteiger partial charge is 0.504 e. The molecule has 6 N–H and O–H groups in total. The van der Waals surface area contributed by atoms with Crippen molar-refractivity contribution in [2.45, 2.75) is 0 Å². The van der Waals surface area contributed by atoms with E-state index in [9.17, 15) is 34.8 Å². The molecule has 1 aromatic heterocycles. The number of benzene rings is 2. The predicted octanol–water partition coefficient (Wildman–Crippen LogP) is 1.39. The summed E-state index contributed by atoms with van der Waals surface area (Å²) in [6.45, 7) is 0. The van der Waals surface area contributed by atoms with Crippen LogP contribution in [0, 0.1) is 0 Å². The molecular formula is C20H18N4O7. The molecule has 0 radical (unpaired) electrons. The van der Waals surface area contributed by atoms with Crippen LogP contribution in [0.1, 0.15) is 5.56 Å². The van der Waals surface area contributed by atoms with Crippen LogP contribution in [0.2, 0.25) is 0 Å². The molecule has 3 rings (SSSR count). The van der Waals surface area contributed by atoms with Gasteiger partial charge in [0.15, 0.2) is 22.9 Å². The highest BCUT2D eigenvalue weighted by Crippen LogP contribution is 2.35. The maximum absolute atomic E-state index is 12.7. The van der Waals surface area contributed by atoms with Crippen LogP contribution in [0.4, 0.5) is 16.3 Å². The van der Waals surface area contributed by atoms with Crippen LogP contribution in [0.15, 0.2) is 58.3 Å². The Labute approximate surface area is 174 Å². The Hall–Kier alpha value is -4.67. The van der Waals surface area contributed by atoms with Crippen molar-refractivity contribution in [2.75, 3.05) is 10.6 Å². The Morgan fingerprint density at radius 1 is 1.06 bits per heavy atom. The summed E-state index contributed by atoms with van der Waals surface area (Å²) in [5, 5.41) is 38.3. The third-order valence-electron chi connectivity index (χ3n) is 4.44. The van der Waals surface area contributed by atoms with Crippen molar-refractivity contribution in [2.24, 2.45) is 7.05 Å². The van der Waals surface area contributed by atoms with E-state index in [4.69, 9.17) is 5.73 Å². The van der Waals surface area contributed by atoms with Crippen LogP contribution in [0.3, 0.4) is 0 Å². The number of hydrogen-bond acceptors (Lipinski definition) is 7. The summed E-state index contributed by atoms with van der Waals surface area (Å²) in [4.78, 5) is 37.8. The summed E-state index contributed by atoms with van der Waals surface area (Å²) in [7, 11) is 1.19. The van der Waals surface area contributed by atoms with Gasteiger partial charge in [-0.1, -0.05) is 18.2 Å². The number of phenolic OH excluding ortho intramolecular Hbond substituents is 3. The summed E-state index contributed by atoms with van der Waals surface area (Å²) in [6, 6.07) is 10.3. The zero-order valence-corrected chi connectivity index (χ0v) is 16.1. The Morgan fingerprint density at radius 2 is 1.65 bits per heavy atom. The van der Waals surface area contributed by atoms with Crippen molar-refractivity contribution in [1.82, 2.24) is 9.13 Å². The lowest BCUT2D eigenvalue weighted by Gasteiger charge is -2.20. The third kappa shape index (κ3) is 3.79. The van der Waals surface area contributed by atoms with Crippen molar-refractivity contribution >= 4 is 23.7 Å². The molecule has 31 heavy (non-hydrogen) atoms. The van der Waals surface area contributed by atoms with Crippen LogP contribution >= 0.6 is 0 Å². The molecule has 0 saturated carbocycles. The fourth-order valence-electron chi connectivity index (χ4n) is 2.88. The normalized spacial score (nSPS) is 11.0. The van der Waals surface area contributed by atoms with E-state index in [-0.39, 0.29) is 5.56 Å². The van der Waals surface area contributed by atoms with E-state index in [1.54, 1.807) is 30.3 Å². The number of para-hydroxylation sites is 1. The quantitative estimate of drug-likeness (QED) is 0.389. The van der Waals surface area contributed by atoms with E-state index in [0.29, 0.717) is 10.6 Å². The van der Waals surface area contributed by atoms with Gasteiger partial charge < -0.3 is 26.2 Å². The molecular weight excluding hydrogens is 408 g/mol. The second kappa shape index (κ2) is 7.99. The maximum atomic E-state index is 12.7. The van der Waals surface area contributed by atoms with Crippen molar-refractivity contribution in [1.29, 1.82) is 0 Å². The molecule has 1 heterocycles. The van der Waals surface area contributed by atoms with Crippen molar-refractivity contribution in [3.8, 4) is 22.9 Å². The first-order valence-electron chi connectivity index (χ1n) is 8.75. The van der Waals surface area contributed by atoms with Gasteiger partial charge in [-0.3, -0.25) is 9.36 Å². The smallest absolute Gasteiger partial charge is 0.416 e. The average molecular weight is 426 g/mol. The monoisotopic (exact) mass is 426 g/mol. The summed E-state index contributed by atoms with van der Waals surface area (Å²) in [5.74, 6) is -2.40. The Balaban J connectivity index is 2.21. The fraction of sp³-hybridized carbons (Fsp3) is 0.0500. The molecule has 0 aliphatic rings. The van der Waals surface area contributed by atoms with E-state index in [2.05, 4.69) is 0 Å². The van der Waals surface area contributed by atoms with Crippen LogP contribution in [0.5, 0.6) is 17.2 Å². The summed E-state index contributed by atoms with van der Waals surface area (Å²) in [6.07, 6.45) is 0.537. The summed E-state index contributed by atoms with van der Waals surface area (Å²) < 4.78 is 1.72. The van der Waals surface area contributed by atoms with E-state index in [1.807, 2.05) is 0 Å². The molecule has 0 atom stereocenters. The number of amides is 1. The molecule has 0 aliphatic carbocycles. The zero-order valence-electron chi connectivity index (χ0n) is 16.1. The number of rotatable bonds is 4. The first-order chi connectivity index (χ1) is 14.6. The summed E-state index contributed by atoms with van der Waals surface area (Å²) >= 11 is 0. The number of carbonyl (C=O) groups is 1. The zero-order chi connectivity index (χ0) is 22.9. The molecule has 11 heteroatoms. The highest BCUT2D eigenvalue weighted by molar-refractivity contribution is 5.92. The molecule has 0 saturated heterocycles.